The first-order valence-electron chi connectivity index (χ1n) is 20.5. The maximum Gasteiger partial charge on any atom is 0.468 e. The van der Waals surface area contributed by atoms with E-state index in [1.807, 2.05) is 6.92 Å². The molecule has 1 aliphatic heterocycles. The second-order valence-electron chi connectivity index (χ2n) is 18.2. The predicted molar refractivity (Wildman–Crippen MR) is 224 cm³/mol. The van der Waals surface area contributed by atoms with Crippen LogP contribution in [0.4, 0.5) is 0 Å². The minimum Gasteiger partial charge on any atom is -0.403 e. The van der Waals surface area contributed by atoms with Crippen LogP contribution in [0.5, 0.6) is 0 Å². The number of hydrogen-bond acceptors (Lipinski definition) is 6. The van der Waals surface area contributed by atoms with E-state index in [1.165, 1.54) is 33.4 Å². The highest BCUT2D eigenvalue weighted by molar-refractivity contribution is 9.09. The Morgan fingerprint density at radius 1 is 0.736 bits per heavy atom. The van der Waals surface area contributed by atoms with Gasteiger partial charge in [-0.1, -0.05) is 73.1 Å². The first kappa shape index (κ1) is 44.5. The zero-order valence-electron chi connectivity index (χ0n) is 35.5. The van der Waals surface area contributed by atoms with Crippen molar-refractivity contribution in [3.05, 3.63) is 58.7 Å². The third kappa shape index (κ3) is 10.4. The van der Waals surface area contributed by atoms with Gasteiger partial charge in [-0.15, -0.1) is 0 Å². The quantitative estimate of drug-likeness (QED) is 0.100. The van der Waals surface area contributed by atoms with Crippen LogP contribution in [0.25, 0.3) is 11.1 Å². The summed E-state index contributed by atoms with van der Waals surface area (Å²) in [5.41, 5.74) is 7.08. The Kier molecular flexibility index (Phi) is 15.0. The number of aliphatic hydroxyl groups is 1. The molecule has 0 radical (unpaired) electrons. The Labute approximate surface area is 332 Å². The molecular formula is C45H72BBrO6. The SMILES string of the molecule is CCC(O)CCOC(C)CCCC1(CCCC(C)OCCC(C)OC)c2cc(C(C)(C)Br)ccc2-c2ccc(C(C)(C)B3OC(C)(C)C(C)(C)O3)cc21. The second-order valence-corrected chi connectivity index (χ2v) is 20.2. The monoisotopic (exact) mass is 798 g/mol. The molecule has 6 nitrogen and oxygen atoms in total. The van der Waals surface area contributed by atoms with Crippen molar-refractivity contribution in [2.24, 2.45) is 0 Å². The molecule has 1 heterocycles. The topological polar surface area (TPSA) is 66.4 Å². The summed E-state index contributed by atoms with van der Waals surface area (Å²) in [6.45, 7) is 27.4. The summed E-state index contributed by atoms with van der Waals surface area (Å²) in [5.74, 6) is 0. The van der Waals surface area contributed by atoms with E-state index in [0.29, 0.717) is 19.6 Å². The number of alkyl halides is 1. The van der Waals surface area contributed by atoms with Gasteiger partial charge in [-0.2, -0.15) is 0 Å². The van der Waals surface area contributed by atoms with Crippen molar-refractivity contribution in [3.8, 4) is 11.1 Å². The average Bonchev–Trinajstić information content (AvgIpc) is 3.49. The van der Waals surface area contributed by atoms with E-state index in [0.717, 1.165) is 51.4 Å². The van der Waals surface area contributed by atoms with E-state index >= 15 is 0 Å². The number of hydrogen-bond donors (Lipinski definition) is 1. The summed E-state index contributed by atoms with van der Waals surface area (Å²) in [5, 5.41) is 9.70. The molecule has 2 aromatic carbocycles. The molecule has 0 amide bonds. The molecular weight excluding hydrogens is 727 g/mol. The molecule has 4 rings (SSSR count). The van der Waals surface area contributed by atoms with Crippen molar-refractivity contribution in [1.82, 2.24) is 0 Å². The first-order chi connectivity index (χ1) is 24.7. The Balaban J connectivity index is 1.73. The third-order valence-electron chi connectivity index (χ3n) is 12.7. The van der Waals surface area contributed by atoms with Gasteiger partial charge in [0, 0.05) is 35.4 Å². The molecule has 298 valence electrons. The summed E-state index contributed by atoms with van der Waals surface area (Å²) in [6.07, 6.45) is 8.63. The molecule has 1 saturated heterocycles. The highest BCUT2D eigenvalue weighted by Crippen LogP contribution is 2.56. The molecule has 2 aliphatic rings. The van der Waals surface area contributed by atoms with Gasteiger partial charge in [-0.25, -0.2) is 0 Å². The lowest BCUT2D eigenvalue weighted by atomic mass is 9.55. The van der Waals surface area contributed by atoms with E-state index in [-0.39, 0.29) is 46.6 Å². The van der Waals surface area contributed by atoms with Crippen LogP contribution in [-0.4, -0.2) is 68.2 Å². The van der Waals surface area contributed by atoms with Gasteiger partial charge in [0.15, 0.2) is 0 Å². The van der Waals surface area contributed by atoms with Crippen molar-refractivity contribution in [2.45, 2.75) is 192 Å². The lowest BCUT2D eigenvalue weighted by Gasteiger charge is -2.35. The van der Waals surface area contributed by atoms with Gasteiger partial charge in [0.2, 0.25) is 0 Å². The molecule has 0 aromatic heterocycles. The number of ether oxygens (including phenoxy) is 3. The van der Waals surface area contributed by atoms with Crippen LogP contribution in [-0.2, 0) is 38.6 Å². The van der Waals surface area contributed by atoms with Crippen molar-refractivity contribution in [1.29, 1.82) is 0 Å². The maximum atomic E-state index is 10.1. The molecule has 0 spiro atoms. The van der Waals surface area contributed by atoms with Gasteiger partial charge >= 0.3 is 7.12 Å². The molecule has 0 bridgehead atoms. The van der Waals surface area contributed by atoms with Crippen LogP contribution in [0.3, 0.4) is 0 Å². The summed E-state index contributed by atoms with van der Waals surface area (Å²) in [7, 11) is 1.39. The molecule has 1 fully saturated rings. The summed E-state index contributed by atoms with van der Waals surface area (Å²) in [4.78, 5) is 0. The molecule has 1 N–H and O–H groups in total. The van der Waals surface area contributed by atoms with Gasteiger partial charge in [0.25, 0.3) is 0 Å². The van der Waals surface area contributed by atoms with Crippen LogP contribution < -0.4 is 0 Å². The van der Waals surface area contributed by atoms with E-state index in [1.54, 1.807) is 7.11 Å². The molecule has 1 aliphatic carbocycles. The fourth-order valence-electron chi connectivity index (χ4n) is 7.91. The Morgan fingerprint density at radius 2 is 1.21 bits per heavy atom. The van der Waals surface area contributed by atoms with Crippen LogP contribution >= 0.6 is 15.9 Å². The van der Waals surface area contributed by atoms with Crippen LogP contribution in [0.2, 0.25) is 0 Å². The maximum absolute atomic E-state index is 10.1. The van der Waals surface area contributed by atoms with Gasteiger partial charge < -0.3 is 28.6 Å². The summed E-state index contributed by atoms with van der Waals surface area (Å²) < 4.78 is 31.2. The molecule has 5 atom stereocenters. The number of halogens is 1. The fourth-order valence-corrected chi connectivity index (χ4v) is 8.16. The first-order valence-corrected chi connectivity index (χ1v) is 21.3. The second kappa shape index (κ2) is 17.9. The van der Waals surface area contributed by atoms with Crippen molar-refractivity contribution in [2.75, 3.05) is 20.3 Å². The summed E-state index contributed by atoms with van der Waals surface area (Å²) >= 11 is 4.00. The van der Waals surface area contributed by atoms with Gasteiger partial charge in [0.1, 0.15) is 0 Å². The van der Waals surface area contributed by atoms with E-state index in [2.05, 4.69) is 128 Å². The standard InChI is InChI=1S/C45H72BBrO6/c1-14-36(48)24-28-51-33(4)18-16-26-45(25-15-17-32(3)50-27-23-31(2)49-13)39-29-34(41(5,6)46-52-43(9,10)44(11,12)53-46)19-21-37(39)38-22-20-35(30-40(38)45)42(7,8)47/h19-22,29-33,36,48H,14-18,23-28H2,1-13H3. The number of rotatable bonds is 21. The van der Waals surface area contributed by atoms with Crippen LogP contribution in [0, 0.1) is 0 Å². The zero-order valence-corrected chi connectivity index (χ0v) is 37.1. The number of benzene rings is 2. The minimum absolute atomic E-state index is 0.126. The van der Waals surface area contributed by atoms with E-state index in [4.69, 9.17) is 23.5 Å². The minimum atomic E-state index is -0.404. The smallest absolute Gasteiger partial charge is 0.403 e. The number of fused-ring (bicyclic) bond motifs is 3. The van der Waals surface area contributed by atoms with E-state index in [9.17, 15) is 5.11 Å². The Bertz CT molecular complexity index is 1440. The number of aliphatic hydroxyl groups excluding tert-OH is 1. The molecule has 0 saturated carbocycles. The van der Waals surface area contributed by atoms with E-state index < -0.39 is 11.2 Å². The molecule has 53 heavy (non-hydrogen) atoms. The number of methoxy groups -OCH3 is 1. The lowest BCUT2D eigenvalue weighted by Crippen LogP contribution is -2.41. The van der Waals surface area contributed by atoms with Gasteiger partial charge in [0.05, 0.1) is 35.6 Å². The molecule has 8 heteroatoms. The van der Waals surface area contributed by atoms with Gasteiger partial charge in [-0.3, -0.25) is 0 Å². The van der Waals surface area contributed by atoms with Crippen LogP contribution in [0.15, 0.2) is 36.4 Å². The van der Waals surface area contributed by atoms with Crippen molar-refractivity contribution < 1.29 is 28.6 Å². The average molecular weight is 800 g/mol. The lowest BCUT2D eigenvalue weighted by molar-refractivity contribution is 0.00578. The Morgan fingerprint density at radius 3 is 1.68 bits per heavy atom. The third-order valence-corrected chi connectivity index (χ3v) is 13.2. The molecule has 2 aromatic rings. The zero-order chi connectivity index (χ0) is 39.4. The summed E-state index contributed by atoms with van der Waals surface area (Å²) in [6, 6.07) is 14.3. The Hall–Kier alpha value is -1.26. The normalized spacial score (nSPS) is 21.7. The molecule has 5 unspecified atom stereocenters. The van der Waals surface area contributed by atoms with Crippen molar-refractivity contribution >= 4 is 23.0 Å². The highest BCUT2D eigenvalue weighted by atomic mass is 79.9. The van der Waals surface area contributed by atoms with Gasteiger partial charge in [-0.05, 0) is 153 Å². The predicted octanol–water partition coefficient (Wildman–Crippen LogP) is 11.2. The largest absolute Gasteiger partial charge is 0.468 e. The van der Waals surface area contributed by atoms with Crippen LogP contribution in [0.1, 0.15) is 163 Å². The van der Waals surface area contributed by atoms with Crippen molar-refractivity contribution in [3.63, 3.8) is 0 Å². The highest BCUT2D eigenvalue weighted by Gasteiger charge is 2.57. The fraction of sp³-hybridized carbons (Fsp3) is 0.733.